The molecule has 176 valence electrons. The van der Waals surface area contributed by atoms with Gasteiger partial charge in [-0.3, -0.25) is 4.79 Å². The molecule has 0 saturated carbocycles. The second kappa shape index (κ2) is 10.1. The van der Waals surface area contributed by atoms with Crippen molar-refractivity contribution in [3.63, 3.8) is 0 Å². The third kappa shape index (κ3) is 4.69. The molecule has 2 unspecified atom stereocenters. The summed E-state index contributed by atoms with van der Waals surface area (Å²) < 4.78 is 28.7. The molecule has 0 spiro atoms. The van der Waals surface area contributed by atoms with E-state index in [1.54, 1.807) is 12.1 Å². The number of carbonyl (C=O) groups is 1. The van der Waals surface area contributed by atoms with Crippen LogP contribution in [0.15, 0.2) is 66.9 Å². The predicted octanol–water partition coefficient (Wildman–Crippen LogP) is 6.73. The molecule has 2 aromatic heterocycles. The lowest BCUT2D eigenvalue weighted by Crippen LogP contribution is -2.28. The van der Waals surface area contributed by atoms with E-state index in [4.69, 9.17) is 0 Å². The highest BCUT2D eigenvalue weighted by Crippen LogP contribution is 2.27. The van der Waals surface area contributed by atoms with Crippen LogP contribution >= 0.6 is 0 Å². The molecule has 2 atom stereocenters. The molecule has 2 aromatic carbocycles. The minimum absolute atomic E-state index is 0.108. The van der Waals surface area contributed by atoms with Crippen molar-refractivity contribution >= 4 is 11.6 Å². The third-order valence-corrected chi connectivity index (χ3v) is 6.27. The van der Waals surface area contributed by atoms with Gasteiger partial charge in [0, 0.05) is 5.56 Å². The maximum atomic E-state index is 13.8. The molecule has 0 aliphatic carbocycles. The predicted molar refractivity (Wildman–Crippen MR) is 129 cm³/mol. The van der Waals surface area contributed by atoms with E-state index in [2.05, 4.69) is 41.4 Å². The number of fused-ring (bicyclic) bond motifs is 1. The molecule has 1 amide bonds. The van der Waals surface area contributed by atoms with Crippen molar-refractivity contribution < 1.29 is 13.6 Å². The van der Waals surface area contributed by atoms with Crippen LogP contribution in [0.3, 0.4) is 0 Å². The largest absolute Gasteiger partial charge is 0.345 e. The molecule has 4 rings (SSSR count). The first-order valence-corrected chi connectivity index (χ1v) is 11.6. The van der Waals surface area contributed by atoms with E-state index in [9.17, 15) is 13.6 Å². The van der Waals surface area contributed by atoms with Gasteiger partial charge in [-0.15, -0.1) is 0 Å². The first-order valence-electron chi connectivity index (χ1n) is 11.6. The van der Waals surface area contributed by atoms with Gasteiger partial charge in [0.05, 0.1) is 17.9 Å². The fourth-order valence-electron chi connectivity index (χ4n) is 4.01. The van der Waals surface area contributed by atoms with Gasteiger partial charge >= 0.3 is 0 Å². The molecule has 7 heteroatoms. The summed E-state index contributed by atoms with van der Waals surface area (Å²) in [4.78, 5) is 17.7. The molecular formula is C27H28F2N4O. The number of aromatic nitrogens is 3. The van der Waals surface area contributed by atoms with E-state index in [-0.39, 0.29) is 22.9 Å². The Morgan fingerprint density at radius 1 is 1.00 bits per heavy atom. The molecule has 0 fully saturated rings. The maximum Gasteiger partial charge on any atom is 0.280 e. The molecule has 0 aliphatic heterocycles. The van der Waals surface area contributed by atoms with Gasteiger partial charge < -0.3 is 5.32 Å². The van der Waals surface area contributed by atoms with Gasteiger partial charge in [-0.1, -0.05) is 75.4 Å². The van der Waals surface area contributed by atoms with Crippen molar-refractivity contribution in [2.24, 2.45) is 0 Å². The number of alkyl halides is 2. The molecule has 5 nitrogen and oxygen atoms in total. The average Bonchev–Trinajstić information content (AvgIpc) is 3.31. The van der Waals surface area contributed by atoms with Gasteiger partial charge in [0.15, 0.2) is 5.65 Å². The fraction of sp³-hybridized carbons (Fsp3) is 0.296. The summed E-state index contributed by atoms with van der Waals surface area (Å²) in [5.41, 5.74) is 3.26. The maximum absolute atomic E-state index is 13.8. The highest BCUT2D eigenvalue weighted by Gasteiger charge is 2.23. The zero-order valence-corrected chi connectivity index (χ0v) is 19.5. The minimum atomic E-state index is -2.77. The Hall–Kier alpha value is -3.61. The van der Waals surface area contributed by atoms with E-state index in [0.717, 1.165) is 16.5 Å². The van der Waals surface area contributed by atoms with Crippen molar-refractivity contribution in [2.75, 3.05) is 0 Å². The third-order valence-electron chi connectivity index (χ3n) is 6.27. The Morgan fingerprint density at radius 3 is 2.29 bits per heavy atom. The lowest BCUT2D eigenvalue weighted by molar-refractivity contribution is 0.0936. The van der Waals surface area contributed by atoms with Gasteiger partial charge in [-0.05, 0) is 36.0 Å². The summed E-state index contributed by atoms with van der Waals surface area (Å²) >= 11 is 0. The van der Waals surface area contributed by atoms with Gasteiger partial charge in [-0.2, -0.15) is 5.10 Å². The van der Waals surface area contributed by atoms with E-state index in [1.807, 2.05) is 37.3 Å². The van der Waals surface area contributed by atoms with Crippen molar-refractivity contribution in [1.82, 2.24) is 19.9 Å². The summed E-state index contributed by atoms with van der Waals surface area (Å²) in [6, 6.07) is 18.4. The number of nitrogens with one attached hydrogen (secondary N) is 1. The number of carbonyl (C=O) groups excluding carboxylic acids is 1. The van der Waals surface area contributed by atoms with Crippen LogP contribution in [-0.2, 0) is 0 Å². The second-order valence-electron chi connectivity index (χ2n) is 8.44. The molecule has 1 N–H and O–H groups in total. The molecule has 0 radical (unpaired) electrons. The number of hydrogen-bond donors (Lipinski definition) is 1. The van der Waals surface area contributed by atoms with Crippen molar-refractivity contribution in [3.8, 4) is 11.3 Å². The Morgan fingerprint density at radius 2 is 1.68 bits per heavy atom. The monoisotopic (exact) mass is 462 g/mol. The second-order valence-corrected chi connectivity index (χ2v) is 8.44. The Bertz CT molecular complexity index is 1270. The van der Waals surface area contributed by atoms with E-state index < -0.39 is 12.3 Å². The van der Waals surface area contributed by atoms with Gasteiger partial charge in [0.25, 0.3) is 12.3 Å². The standard InChI is InChI=1S/C27H28F2N4O/c1-4-17(3)18-11-13-20(14-12-18)22(5-2)32-27(34)21-16-30-33-24(25(28)29)15-23(31-26(21)33)19-9-7-6-8-10-19/h6-17,22,25H,4-5H2,1-3H3,(H,32,34). The molecule has 0 saturated heterocycles. The number of hydrogen-bond acceptors (Lipinski definition) is 3. The van der Waals surface area contributed by atoms with Crippen molar-refractivity contribution in [2.45, 2.75) is 52.0 Å². The first-order chi connectivity index (χ1) is 16.4. The Kier molecular flexibility index (Phi) is 7.01. The van der Waals surface area contributed by atoms with Crippen LogP contribution in [0.1, 0.15) is 79.2 Å². The summed E-state index contributed by atoms with van der Waals surface area (Å²) in [5.74, 6) is 0.0715. The summed E-state index contributed by atoms with van der Waals surface area (Å²) in [5, 5.41) is 7.08. The zero-order chi connectivity index (χ0) is 24.2. The van der Waals surface area contributed by atoms with Crippen molar-refractivity contribution in [3.05, 3.63) is 89.2 Å². The van der Waals surface area contributed by atoms with Crippen LogP contribution in [0.25, 0.3) is 16.9 Å². The van der Waals surface area contributed by atoms with Gasteiger partial charge in [-0.25, -0.2) is 18.3 Å². The molecule has 2 heterocycles. The summed E-state index contributed by atoms with van der Waals surface area (Å²) in [6.07, 6.45) is 0.271. The topological polar surface area (TPSA) is 59.3 Å². The minimum Gasteiger partial charge on any atom is -0.345 e. The highest BCUT2D eigenvalue weighted by atomic mass is 19.3. The van der Waals surface area contributed by atoms with Crippen LogP contribution in [0.5, 0.6) is 0 Å². The average molecular weight is 463 g/mol. The van der Waals surface area contributed by atoms with E-state index in [0.29, 0.717) is 23.6 Å². The number of halogens is 2. The lowest BCUT2D eigenvalue weighted by Gasteiger charge is -2.18. The number of amides is 1. The molecule has 0 bridgehead atoms. The van der Waals surface area contributed by atoms with E-state index >= 15 is 0 Å². The smallest absolute Gasteiger partial charge is 0.280 e. The SMILES string of the molecule is CCC(C)c1ccc(C(CC)NC(=O)c2cnn3c(C(F)F)cc(-c4ccccc4)nc23)cc1. The fourth-order valence-corrected chi connectivity index (χ4v) is 4.01. The van der Waals surface area contributed by atoms with Gasteiger partial charge in [0.2, 0.25) is 0 Å². The van der Waals surface area contributed by atoms with Crippen LogP contribution in [-0.4, -0.2) is 20.5 Å². The van der Waals surface area contributed by atoms with Crippen LogP contribution in [0, 0.1) is 0 Å². The normalized spacial score (nSPS) is 13.2. The summed E-state index contributed by atoms with van der Waals surface area (Å²) in [7, 11) is 0. The highest BCUT2D eigenvalue weighted by molar-refractivity contribution is 6.00. The van der Waals surface area contributed by atoms with Crippen LogP contribution in [0.4, 0.5) is 8.78 Å². The number of rotatable bonds is 8. The Balaban J connectivity index is 1.67. The lowest BCUT2D eigenvalue weighted by atomic mass is 9.95. The Labute approximate surface area is 197 Å². The molecular weight excluding hydrogens is 434 g/mol. The molecule has 34 heavy (non-hydrogen) atoms. The number of nitrogens with zero attached hydrogens (tertiary/aromatic N) is 3. The van der Waals surface area contributed by atoms with Crippen LogP contribution in [0.2, 0.25) is 0 Å². The van der Waals surface area contributed by atoms with Gasteiger partial charge in [0.1, 0.15) is 11.3 Å². The summed E-state index contributed by atoms with van der Waals surface area (Å²) in [6.45, 7) is 6.33. The zero-order valence-electron chi connectivity index (χ0n) is 19.5. The van der Waals surface area contributed by atoms with Crippen LogP contribution < -0.4 is 5.32 Å². The molecule has 0 aliphatic rings. The number of benzene rings is 2. The van der Waals surface area contributed by atoms with Crippen molar-refractivity contribution in [1.29, 1.82) is 0 Å². The molecule has 4 aromatic rings. The van der Waals surface area contributed by atoms with E-state index in [1.165, 1.54) is 17.8 Å². The first kappa shape index (κ1) is 23.5. The quantitative estimate of drug-likeness (QED) is 0.316.